The Hall–Kier alpha value is -3.68. The summed E-state index contributed by atoms with van der Waals surface area (Å²) in [5.41, 5.74) is 7.78. The lowest BCUT2D eigenvalue weighted by Gasteiger charge is -2.14. The number of unbranched alkanes of at least 4 members (excludes halogenated alkanes) is 2. The monoisotopic (exact) mass is 597 g/mol. The molecule has 1 aromatic heterocycles. The number of hydrogen-bond donors (Lipinski definition) is 3. The number of aromatic nitrogens is 2. The van der Waals surface area contributed by atoms with Crippen LogP contribution in [-0.4, -0.2) is 62.3 Å². The van der Waals surface area contributed by atoms with Gasteiger partial charge in [-0.15, -0.1) is 0 Å². The van der Waals surface area contributed by atoms with Gasteiger partial charge in [-0.3, -0.25) is 30.1 Å². The number of rotatable bonds is 11. The number of carbonyl (C=O) groups is 4. The molecule has 3 amide bonds. The highest BCUT2D eigenvalue weighted by atomic mass is 32.2. The molecule has 0 bridgehead atoms. The van der Waals surface area contributed by atoms with Gasteiger partial charge < -0.3 is 9.72 Å². The van der Waals surface area contributed by atoms with E-state index in [1.54, 1.807) is 35.2 Å². The number of nitrogens with zero attached hydrogens (tertiary/aromatic N) is 2. The van der Waals surface area contributed by atoms with Crippen LogP contribution >= 0.6 is 35.7 Å². The van der Waals surface area contributed by atoms with E-state index in [0.717, 1.165) is 16.6 Å². The molecule has 40 heavy (non-hydrogen) atoms. The van der Waals surface area contributed by atoms with Crippen molar-refractivity contribution >= 4 is 80.9 Å². The van der Waals surface area contributed by atoms with Crippen molar-refractivity contribution in [3.8, 4) is 0 Å². The third kappa shape index (κ3) is 7.93. The molecule has 0 unspecified atom stereocenters. The molecular formula is C27H27N5O5S3. The molecule has 0 atom stereocenters. The Labute approximate surface area is 244 Å². The number of amides is 3. The van der Waals surface area contributed by atoms with E-state index in [1.165, 1.54) is 30.6 Å². The fraction of sp³-hybridized carbons (Fsp3) is 0.259. The van der Waals surface area contributed by atoms with Crippen molar-refractivity contribution < 1.29 is 23.9 Å². The van der Waals surface area contributed by atoms with Gasteiger partial charge in [-0.25, -0.2) is 9.78 Å². The second-order valence-corrected chi connectivity index (χ2v) is 11.3. The Morgan fingerprint density at radius 3 is 2.58 bits per heavy atom. The van der Waals surface area contributed by atoms with Gasteiger partial charge in [0.15, 0.2) is 5.16 Å². The number of ether oxygens (including phenoxy) is 1. The molecule has 1 aliphatic heterocycles. The predicted octanol–water partition coefficient (Wildman–Crippen LogP) is 4.05. The zero-order valence-electron chi connectivity index (χ0n) is 21.6. The molecule has 13 heteroatoms. The first-order valence-corrected chi connectivity index (χ1v) is 14.6. The quantitative estimate of drug-likeness (QED) is 0.0748. The minimum atomic E-state index is -0.422. The number of benzene rings is 2. The minimum absolute atomic E-state index is 0.108. The van der Waals surface area contributed by atoms with Crippen LogP contribution in [0.4, 0.5) is 0 Å². The molecule has 0 saturated carbocycles. The van der Waals surface area contributed by atoms with Crippen molar-refractivity contribution in [2.75, 3.05) is 19.4 Å². The van der Waals surface area contributed by atoms with E-state index >= 15 is 0 Å². The fourth-order valence-corrected chi connectivity index (χ4v) is 5.77. The number of aromatic amines is 1. The number of thioether (sulfide) groups is 2. The van der Waals surface area contributed by atoms with Crippen LogP contribution in [0.25, 0.3) is 17.1 Å². The third-order valence-electron chi connectivity index (χ3n) is 5.84. The SMILES string of the molecule is COC(=O)c1ccc(C=C2SC(=S)N(CCCCCC(=O)NNC(=O)CSc3nc4ccccc4[nH]3)C2=O)cc1. The van der Waals surface area contributed by atoms with E-state index in [2.05, 4.69) is 20.8 Å². The van der Waals surface area contributed by atoms with Crippen molar-refractivity contribution in [2.24, 2.45) is 0 Å². The zero-order chi connectivity index (χ0) is 28.5. The third-order valence-corrected chi connectivity index (χ3v) is 8.09. The number of carbonyl (C=O) groups excluding carboxylic acids is 4. The molecule has 0 spiro atoms. The molecule has 1 fully saturated rings. The molecule has 1 aliphatic rings. The Morgan fingerprint density at radius 2 is 1.82 bits per heavy atom. The van der Waals surface area contributed by atoms with Crippen LogP contribution in [-0.2, 0) is 19.1 Å². The van der Waals surface area contributed by atoms with E-state index < -0.39 is 5.97 Å². The highest BCUT2D eigenvalue weighted by molar-refractivity contribution is 8.26. The van der Waals surface area contributed by atoms with Gasteiger partial charge >= 0.3 is 5.97 Å². The van der Waals surface area contributed by atoms with Gasteiger partial charge in [0.1, 0.15) is 4.32 Å². The normalized spacial score (nSPS) is 14.1. The molecule has 10 nitrogen and oxygen atoms in total. The maximum atomic E-state index is 12.8. The zero-order valence-corrected chi connectivity index (χ0v) is 24.0. The van der Waals surface area contributed by atoms with Crippen LogP contribution in [0.1, 0.15) is 41.6 Å². The molecule has 0 radical (unpaired) electrons. The number of fused-ring (bicyclic) bond motifs is 1. The van der Waals surface area contributed by atoms with Gasteiger partial charge in [0.2, 0.25) is 11.8 Å². The van der Waals surface area contributed by atoms with Gasteiger partial charge in [-0.05, 0) is 48.7 Å². The number of esters is 1. The van der Waals surface area contributed by atoms with Crippen LogP contribution in [0.2, 0.25) is 0 Å². The number of H-pyrrole nitrogens is 1. The molecule has 208 valence electrons. The highest BCUT2D eigenvalue weighted by Gasteiger charge is 2.31. The van der Waals surface area contributed by atoms with Crippen LogP contribution in [0.15, 0.2) is 58.6 Å². The van der Waals surface area contributed by atoms with Gasteiger partial charge in [0.05, 0.1) is 34.4 Å². The average Bonchev–Trinajstić information content (AvgIpc) is 3.50. The van der Waals surface area contributed by atoms with Crippen molar-refractivity contribution in [2.45, 2.75) is 30.8 Å². The summed E-state index contributed by atoms with van der Waals surface area (Å²) in [4.78, 5) is 58.1. The van der Waals surface area contributed by atoms with E-state index in [-0.39, 0.29) is 29.9 Å². The van der Waals surface area contributed by atoms with Crippen LogP contribution in [0.5, 0.6) is 0 Å². The largest absolute Gasteiger partial charge is 0.465 e. The van der Waals surface area contributed by atoms with Crippen molar-refractivity contribution in [3.05, 3.63) is 64.6 Å². The Bertz CT molecular complexity index is 1420. The average molecular weight is 598 g/mol. The van der Waals surface area contributed by atoms with Crippen LogP contribution in [0, 0.1) is 0 Å². The second kappa shape index (κ2) is 14.1. The minimum Gasteiger partial charge on any atom is -0.465 e. The smallest absolute Gasteiger partial charge is 0.337 e. The summed E-state index contributed by atoms with van der Waals surface area (Å²) in [6, 6.07) is 14.4. The Balaban J connectivity index is 1.11. The van der Waals surface area contributed by atoms with Crippen molar-refractivity contribution in [3.63, 3.8) is 0 Å². The number of methoxy groups -OCH3 is 1. The van der Waals surface area contributed by atoms with Crippen molar-refractivity contribution in [1.29, 1.82) is 0 Å². The lowest BCUT2D eigenvalue weighted by Crippen LogP contribution is -2.42. The first-order chi connectivity index (χ1) is 19.3. The summed E-state index contributed by atoms with van der Waals surface area (Å²) in [6.07, 6.45) is 3.99. The van der Waals surface area contributed by atoms with Gasteiger partial charge in [0, 0.05) is 13.0 Å². The molecule has 3 aromatic rings. The first-order valence-electron chi connectivity index (χ1n) is 12.4. The van der Waals surface area contributed by atoms with Crippen molar-refractivity contribution in [1.82, 2.24) is 25.7 Å². The standard InChI is InChI=1S/C27H27N5O5S3/c1-37-25(36)18-12-10-17(11-13-18)15-21-24(35)32(27(38)40-21)14-6-2-3-9-22(33)30-31-23(34)16-39-26-28-19-7-4-5-8-20(19)29-26/h4-5,7-8,10-13,15H,2-3,6,9,14,16H2,1H3,(H,28,29)(H,30,33)(H,31,34). The molecule has 1 saturated heterocycles. The summed E-state index contributed by atoms with van der Waals surface area (Å²) in [7, 11) is 1.32. The van der Waals surface area contributed by atoms with Crippen LogP contribution in [0.3, 0.4) is 0 Å². The molecule has 4 rings (SSSR count). The lowest BCUT2D eigenvalue weighted by atomic mass is 10.1. The van der Waals surface area contributed by atoms with Crippen LogP contribution < -0.4 is 10.9 Å². The maximum Gasteiger partial charge on any atom is 0.337 e. The number of thiocarbonyl (C=S) groups is 1. The maximum absolute atomic E-state index is 12.8. The number of imidazole rings is 1. The fourth-order valence-electron chi connectivity index (χ4n) is 3.78. The highest BCUT2D eigenvalue weighted by Crippen LogP contribution is 2.32. The summed E-state index contributed by atoms with van der Waals surface area (Å²) in [5.74, 6) is -1.09. The predicted molar refractivity (Wildman–Crippen MR) is 159 cm³/mol. The summed E-state index contributed by atoms with van der Waals surface area (Å²) in [5, 5.41) is 0.633. The van der Waals surface area contributed by atoms with E-state index in [9.17, 15) is 19.2 Å². The summed E-state index contributed by atoms with van der Waals surface area (Å²) in [6.45, 7) is 0.459. The van der Waals surface area contributed by atoms with E-state index in [1.807, 2.05) is 24.3 Å². The summed E-state index contributed by atoms with van der Waals surface area (Å²) < 4.78 is 5.19. The van der Waals surface area contributed by atoms with Gasteiger partial charge in [0.25, 0.3) is 5.91 Å². The molecular weight excluding hydrogens is 571 g/mol. The Morgan fingerprint density at radius 1 is 1.07 bits per heavy atom. The summed E-state index contributed by atoms with van der Waals surface area (Å²) >= 11 is 7.87. The number of nitrogens with one attached hydrogen (secondary N) is 3. The van der Waals surface area contributed by atoms with E-state index in [0.29, 0.717) is 45.8 Å². The molecule has 0 aliphatic carbocycles. The molecule has 2 aromatic carbocycles. The lowest BCUT2D eigenvalue weighted by molar-refractivity contribution is -0.127. The van der Waals surface area contributed by atoms with Gasteiger partial charge in [-0.1, -0.05) is 66.4 Å². The topological polar surface area (TPSA) is 133 Å². The molecule has 2 heterocycles. The number of hydrogen-bond acceptors (Lipinski definition) is 9. The van der Waals surface area contributed by atoms with E-state index in [4.69, 9.17) is 17.0 Å². The first kappa shape index (κ1) is 29.3. The van der Waals surface area contributed by atoms with Gasteiger partial charge in [-0.2, -0.15) is 0 Å². The Kier molecular flexibility index (Phi) is 10.3. The number of hydrazine groups is 1. The number of para-hydroxylation sites is 2. The second-order valence-electron chi connectivity index (χ2n) is 8.70. The molecule has 3 N–H and O–H groups in total.